The van der Waals surface area contributed by atoms with Gasteiger partial charge in [-0.2, -0.15) is 0 Å². The first-order chi connectivity index (χ1) is 2.91. The van der Waals surface area contributed by atoms with Crippen LogP contribution >= 0.6 is 0 Å². The zero-order valence-electron chi connectivity index (χ0n) is 3.63. The van der Waals surface area contributed by atoms with E-state index in [0.29, 0.717) is 0 Å². The van der Waals surface area contributed by atoms with Gasteiger partial charge in [0, 0.05) is 0 Å². The molecule has 0 saturated carbocycles. The van der Waals surface area contributed by atoms with Crippen LogP contribution in [0, 0.1) is 0 Å². The maximum Gasteiger partial charge on any atom is 0.0658 e. The fraction of sp³-hybridized carbons (Fsp3) is 0.250. The molecule has 0 aliphatic rings. The number of oxime groups is 1. The first-order valence-corrected chi connectivity index (χ1v) is 1.70. The average molecular weight is 85.1 g/mol. The number of nitrogens with zero attached hydrogens (tertiary/aromatic N) is 1. The first kappa shape index (κ1) is 5.21. The molecule has 0 bridgehead atoms. The largest absolute Gasteiger partial charge is 0.411 e. The number of hydrogen-bond donors (Lipinski definition) is 1. The molecule has 0 atom stereocenters. The average Bonchev–Trinajstić information content (AvgIpc) is 1.61. The van der Waals surface area contributed by atoms with Crippen LogP contribution in [0.25, 0.3) is 0 Å². The fourth-order valence-corrected chi connectivity index (χ4v) is 0.125. The molecule has 0 saturated heterocycles. The van der Waals surface area contributed by atoms with E-state index in [1.54, 1.807) is 12.2 Å². The lowest BCUT2D eigenvalue weighted by molar-refractivity contribution is 0.322. The van der Waals surface area contributed by atoms with Gasteiger partial charge in [-0.25, -0.2) is 0 Å². The van der Waals surface area contributed by atoms with Crippen molar-refractivity contribution < 1.29 is 5.21 Å². The van der Waals surface area contributed by atoms with Crippen molar-refractivity contribution in [3.05, 3.63) is 12.2 Å². The van der Waals surface area contributed by atoms with Gasteiger partial charge in [0.05, 0.1) is 6.21 Å². The molecule has 0 radical (unpaired) electrons. The zero-order valence-corrected chi connectivity index (χ0v) is 3.63. The van der Waals surface area contributed by atoms with Crippen LogP contribution in [0.15, 0.2) is 17.3 Å². The molecule has 0 unspecified atom stereocenters. The van der Waals surface area contributed by atoms with Crippen molar-refractivity contribution in [3.63, 3.8) is 0 Å². The van der Waals surface area contributed by atoms with E-state index >= 15 is 0 Å². The van der Waals surface area contributed by atoms with Gasteiger partial charge in [-0.3, -0.25) is 0 Å². The van der Waals surface area contributed by atoms with Gasteiger partial charge in [0.1, 0.15) is 0 Å². The molecule has 0 rings (SSSR count). The van der Waals surface area contributed by atoms with E-state index in [4.69, 9.17) is 5.21 Å². The Labute approximate surface area is 36.8 Å². The molecule has 0 fully saturated rings. The quantitative estimate of drug-likeness (QED) is 0.288. The SMILES string of the molecule is C/C=C/C=NO. The second-order valence-corrected chi connectivity index (χ2v) is 0.790. The van der Waals surface area contributed by atoms with Crippen molar-refractivity contribution in [3.8, 4) is 0 Å². The highest BCUT2D eigenvalue weighted by Gasteiger charge is 1.51. The van der Waals surface area contributed by atoms with Crippen LogP contribution in [0.2, 0.25) is 0 Å². The Balaban J connectivity index is 3.07. The van der Waals surface area contributed by atoms with Gasteiger partial charge in [0.2, 0.25) is 0 Å². The van der Waals surface area contributed by atoms with Crippen molar-refractivity contribution in [2.75, 3.05) is 0 Å². The van der Waals surface area contributed by atoms with Gasteiger partial charge in [-0.1, -0.05) is 11.2 Å². The topological polar surface area (TPSA) is 32.6 Å². The summed E-state index contributed by atoms with van der Waals surface area (Å²) in [5.74, 6) is 0. The molecular formula is C4H7NO. The Bertz CT molecular complexity index is 55.9. The van der Waals surface area contributed by atoms with Crippen LogP contribution < -0.4 is 0 Å². The summed E-state index contributed by atoms with van der Waals surface area (Å²) in [5, 5.41) is 10.4. The van der Waals surface area contributed by atoms with Crippen molar-refractivity contribution in [1.82, 2.24) is 0 Å². The van der Waals surface area contributed by atoms with Gasteiger partial charge in [0.25, 0.3) is 0 Å². The fourth-order valence-electron chi connectivity index (χ4n) is 0.125. The summed E-state index contributed by atoms with van der Waals surface area (Å²) in [7, 11) is 0. The Hall–Kier alpha value is -0.790. The molecule has 6 heavy (non-hydrogen) atoms. The van der Waals surface area contributed by atoms with E-state index in [9.17, 15) is 0 Å². The van der Waals surface area contributed by atoms with E-state index < -0.39 is 0 Å². The summed E-state index contributed by atoms with van der Waals surface area (Å²) in [6, 6.07) is 0. The Morgan fingerprint density at radius 3 is 2.50 bits per heavy atom. The monoisotopic (exact) mass is 85.1 g/mol. The van der Waals surface area contributed by atoms with Crippen molar-refractivity contribution in [1.29, 1.82) is 0 Å². The van der Waals surface area contributed by atoms with Crippen LogP contribution in [-0.4, -0.2) is 11.4 Å². The summed E-state index contributed by atoms with van der Waals surface area (Å²) in [5.41, 5.74) is 0. The smallest absolute Gasteiger partial charge is 0.0658 e. The molecule has 1 N–H and O–H groups in total. The summed E-state index contributed by atoms with van der Waals surface area (Å²) in [4.78, 5) is 0. The van der Waals surface area contributed by atoms with Crippen LogP contribution in [0.3, 0.4) is 0 Å². The van der Waals surface area contributed by atoms with Gasteiger partial charge in [0.15, 0.2) is 0 Å². The number of rotatable bonds is 1. The molecule has 0 aromatic carbocycles. The van der Waals surface area contributed by atoms with Crippen molar-refractivity contribution >= 4 is 6.21 Å². The molecule has 0 spiro atoms. The van der Waals surface area contributed by atoms with Gasteiger partial charge >= 0.3 is 0 Å². The molecule has 2 nitrogen and oxygen atoms in total. The predicted molar refractivity (Wildman–Crippen MR) is 25.1 cm³/mol. The van der Waals surface area contributed by atoms with E-state index in [-0.39, 0.29) is 0 Å². The van der Waals surface area contributed by atoms with Gasteiger partial charge in [-0.15, -0.1) is 0 Å². The van der Waals surface area contributed by atoms with Gasteiger partial charge in [-0.05, 0) is 13.0 Å². The lowest BCUT2D eigenvalue weighted by Crippen LogP contribution is -1.57. The lowest BCUT2D eigenvalue weighted by atomic mass is 10.6. The maximum absolute atomic E-state index is 7.72. The third-order valence-electron chi connectivity index (χ3n) is 0.345. The van der Waals surface area contributed by atoms with Crippen LogP contribution in [-0.2, 0) is 0 Å². The molecule has 0 aromatic rings. The molecule has 0 aromatic heterocycles. The molecular weight excluding hydrogens is 78.0 g/mol. The minimum atomic E-state index is 1.31. The number of hydrogen-bond acceptors (Lipinski definition) is 2. The highest BCUT2D eigenvalue weighted by molar-refractivity contribution is 5.69. The number of allylic oxidation sites excluding steroid dienone is 2. The third kappa shape index (κ3) is 3.21. The Morgan fingerprint density at radius 1 is 1.67 bits per heavy atom. The van der Waals surface area contributed by atoms with E-state index in [0.717, 1.165) is 0 Å². The second-order valence-electron chi connectivity index (χ2n) is 0.790. The standard InChI is InChI=1S/C4H7NO/c1-2-3-4-5-6/h2-4,6H,1H3/b3-2+,5-4?. The van der Waals surface area contributed by atoms with Crippen LogP contribution in [0.5, 0.6) is 0 Å². The molecule has 0 aliphatic carbocycles. The summed E-state index contributed by atoms with van der Waals surface area (Å²) in [6.07, 6.45) is 4.72. The second kappa shape index (κ2) is 4.21. The summed E-state index contributed by atoms with van der Waals surface area (Å²) >= 11 is 0. The normalized spacial score (nSPS) is 11.5. The molecule has 0 heterocycles. The van der Waals surface area contributed by atoms with Crippen LogP contribution in [0.1, 0.15) is 6.92 Å². The minimum absolute atomic E-state index is 1.31. The molecule has 34 valence electrons. The maximum atomic E-state index is 7.72. The Morgan fingerprint density at radius 2 is 2.33 bits per heavy atom. The van der Waals surface area contributed by atoms with Gasteiger partial charge < -0.3 is 5.21 Å². The third-order valence-corrected chi connectivity index (χ3v) is 0.345. The molecule has 0 amide bonds. The van der Waals surface area contributed by atoms with Crippen molar-refractivity contribution in [2.45, 2.75) is 6.92 Å². The molecule has 0 aliphatic heterocycles. The summed E-state index contributed by atoms with van der Waals surface area (Å²) in [6.45, 7) is 1.85. The van der Waals surface area contributed by atoms with E-state index in [2.05, 4.69) is 5.16 Å². The van der Waals surface area contributed by atoms with E-state index in [1.165, 1.54) is 6.21 Å². The minimum Gasteiger partial charge on any atom is -0.411 e. The zero-order chi connectivity index (χ0) is 4.83. The first-order valence-electron chi connectivity index (χ1n) is 1.70. The summed E-state index contributed by atoms with van der Waals surface area (Å²) < 4.78 is 0. The lowest BCUT2D eigenvalue weighted by Gasteiger charge is -1.62. The van der Waals surface area contributed by atoms with E-state index in [1.807, 2.05) is 6.92 Å². The predicted octanol–water partition coefficient (Wildman–Crippen LogP) is 1.02. The van der Waals surface area contributed by atoms with Crippen molar-refractivity contribution in [2.24, 2.45) is 5.16 Å². The van der Waals surface area contributed by atoms with Crippen LogP contribution in [0.4, 0.5) is 0 Å². The molecule has 2 heteroatoms. The highest BCUT2D eigenvalue weighted by atomic mass is 16.4. The highest BCUT2D eigenvalue weighted by Crippen LogP contribution is 1.60. The Kier molecular flexibility index (Phi) is 3.66.